The van der Waals surface area contributed by atoms with E-state index in [0.717, 1.165) is 72.4 Å². The van der Waals surface area contributed by atoms with Gasteiger partial charge in [-0.3, -0.25) is 0 Å². The molecular formula is C66H52N6. The van der Waals surface area contributed by atoms with Gasteiger partial charge in [0.1, 0.15) is 0 Å². The zero-order valence-electron chi connectivity index (χ0n) is 41.3. The summed E-state index contributed by atoms with van der Waals surface area (Å²) in [5, 5.41) is 15.2. The summed E-state index contributed by atoms with van der Waals surface area (Å²) >= 11 is 0. The molecule has 12 aromatic rings. The van der Waals surface area contributed by atoms with Crippen LogP contribution in [0.4, 0.5) is 0 Å². The Kier molecular flexibility index (Phi) is 10.6. The van der Waals surface area contributed by atoms with Crippen molar-refractivity contribution in [1.29, 1.82) is 5.26 Å². The van der Waals surface area contributed by atoms with Crippen molar-refractivity contribution in [2.45, 2.75) is 52.4 Å². The van der Waals surface area contributed by atoms with E-state index in [2.05, 4.69) is 202 Å². The van der Waals surface area contributed by atoms with Gasteiger partial charge in [-0.15, -0.1) is 0 Å². The van der Waals surface area contributed by atoms with Crippen LogP contribution in [0, 0.1) is 11.3 Å². The number of nitrogens with zero attached hydrogens (tertiary/aromatic N) is 6. The normalized spacial score (nSPS) is 12.0. The quantitative estimate of drug-likeness (QED) is 0.160. The van der Waals surface area contributed by atoms with E-state index in [0.29, 0.717) is 23.0 Å². The minimum absolute atomic E-state index is 0.0302. The third kappa shape index (κ3) is 7.62. The molecule has 0 atom stereocenters. The molecule has 0 spiro atoms. The summed E-state index contributed by atoms with van der Waals surface area (Å²) in [5.41, 5.74) is 15.9. The highest BCUT2D eigenvalue weighted by molar-refractivity contribution is 6.11. The van der Waals surface area contributed by atoms with Crippen LogP contribution < -0.4 is 0 Å². The zero-order chi connectivity index (χ0) is 49.3. The van der Waals surface area contributed by atoms with Gasteiger partial charge in [-0.2, -0.15) is 5.26 Å². The lowest BCUT2D eigenvalue weighted by Gasteiger charge is -2.21. The standard InChI is InChI=1S/C66H52N6/c1-65(2,3)47-31-35-59-53(39-47)50-25-15-17-27-56(50)71(59)58-33-29-44(49-24-14-13-23-46(49)41-67)37-52(58)45-30-34-61(72-57-28-18-16-26-51(57)54-40-48(66(4,5)6)32-36-60(54)72)55(38-45)64-69-62(42-19-9-7-10-20-42)68-63(70-64)43-21-11-8-12-22-43/h7-40H,1-6H3. The van der Waals surface area contributed by atoms with Crippen molar-refractivity contribution in [3.8, 4) is 73.9 Å². The average Bonchev–Trinajstić information content (AvgIpc) is 3.92. The molecule has 0 aliphatic heterocycles. The Morgan fingerprint density at radius 3 is 1.28 bits per heavy atom. The van der Waals surface area contributed by atoms with Crippen LogP contribution in [0.3, 0.4) is 0 Å². The van der Waals surface area contributed by atoms with Crippen molar-refractivity contribution in [2.24, 2.45) is 0 Å². The number of fused-ring (bicyclic) bond motifs is 6. The van der Waals surface area contributed by atoms with Crippen molar-refractivity contribution in [1.82, 2.24) is 24.1 Å². The Balaban J connectivity index is 1.19. The van der Waals surface area contributed by atoms with Gasteiger partial charge in [0.2, 0.25) is 0 Å². The van der Waals surface area contributed by atoms with Gasteiger partial charge >= 0.3 is 0 Å². The number of para-hydroxylation sites is 2. The van der Waals surface area contributed by atoms with Gasteiger partial charge < -0.3 is 9.13 Å². The molecule has 0 bridgehead atoms. The topological polar surface area (TPSA) is 72.3 Å². The molecule has 0 saturated heterocycles. The highest BCUT2D eigenvalue weighted by Gasteiger charge is 2.25. The fourth-order valence-corrected chi connectivity index (χ4v) is 10.4. The Morgan fingerprint density at radius 2 is 0.764 bits per heavy atom. The lowest BCUT2D eigenvalue weighted by Crippen LogP contribution is -2.10. The fraction of sp³-hybridized carbons (Fsp3) is 0.121. The lowest BCUT2D eigenvalue weighted by molar-refractivity contribution is 0.591. The molecule has 6 nitrogen and oxygen atoms in total. The zero-order valence-corrected chi connectivity index (χ0v) is 41.3. The van der Waals surface area contributed by atoms with Crippen LogP contribution in [0.25, 0.3) is 111 Å². The summed E-state index contributed by atoms with van der Waals surface area (Å²) in [5.74, 6) is 1.73. The van der Waals surface area contributed by atoms with E-state index in [9.17, 15) is 5.26 Å². The number of benzene rings is 9. The first-order valence-corrected chi connectivity index (χ1v) is 24.7. The van der Waals surface area contributed by atoms with Crippen LogP contribution in [0.2, 0.25) is 0 Å². The first-order chi connectivity index (χ1) is 34.9. The molecular weight excluding hydrogens is 877 g/mol. The maximum Gasteiger partial charge on any atom is 0.166 e. The highest BCUT2D eigenvalue weighted by atomic mass is 15.1. The van der Waals surface area contributed by atoms with E-state index in [1.165, 1.54) is 32.7 Å². The largest absolute Gasteiger partial charge is 0.309 e. The highest BCUT2D eigenvalue weighted by Crippen LogP contribution is 2.44. The van der Waals surface area contributed by atoms with Crippen molar-refractivity contribution in [3.63, 3.8) is 0 Å². The maximum absolute atomic E-state index is 10.4. The molecule has 0 N–H and O–H groups in total. The molecule has 72 heavy (non-hydrogen) atoms. The molecule has 0 unspecified atom stereocenters. The molecule has 3 heterocycles. The summed E-state index contributed by atoms with van der Waals surface area (Å²) in [7, 11) is 0. The van der Waals surface area contributed by atoms with E-state index >= 15 is 0 Å². The summed E-state index contributed by atoms with van der Waals surface area (Å²) in [6.45, 7) is 13.6. The van der Waals surface area contributed by atoms with Crippen LogP contribution in [0.5, 0.6) is 0 Å². The minimum Gasteiger partial charge on any atom is -0.309 e. The van der Waals surface area contributed by atoms with Crippen LogP contribution in [-0.2, 0) is 10.8 Å². The number of aromatic nitrogens is 5. The van der Waals surface area contributed by atoms with E-state index in [1.54, 1.807) is 0 Å². The Hall–Kier alpha value is -8.92. The summed E-state index contributed by atoms with van der Waals surface area (Å²) in [4.78, 5) is 15.9. The van der Waals surface area contributed by atoms with Gasteiger partial charge in [0.25, 0.3) is 0 Å². The Bertz CT molecular complexity index is 4060. The van der Waals surface area contributed by atoms with Crippen molar-refractivity contribution in [2.75, 3.05) is 0 Å². The first kappa shape index (κ1) is 44.3. The minimum atomic E-state index is -0.0397. The van der Waals surface area contributed by atoms with Gasteiger partial charge in [0.15, 0.2) is 17.5 Å². The SMILES string of the molecule is CC(C)(C)c1ccc2c(c1)c1ccccc1n2-c1ccc(-c2ccccc2C#N)cc1-c1ccc(-n2c3ccccc3c3cc(C(C)(C)C)ccc32)c(-c2nc(-c3ccccc3)nc(-c3ccccc3)n2)c1. The molecule has 0 aliphatic carbocycles. The van der Waals surface area contributed by atoms with Crippen LogP contribution in [-0.4, -0.2) is 24.1 Å². The number of rotatable bonds is 7. The van der Waals surface area contributed by atoms with Gasteiger partial charge in [0.05, 0.1) is 45.1 Å². The first-order valence-electron chi connectivity index (χ1n) is 24.7. The van der Waals surface area contributed by atoms with Gasteiger partial charge in [-0.1, -0.05) is 181 Å². The van der Waals surface area contributed by atoms with Gasteiger partial charge in [-0.05, 0) is 105 Å². The molecule has 9 aromatic carbocycles. The molecule has 346 valence electrons. The predicted molar refractivity (Wildman–Crippen MR) is 298 cm³/mol. The molecule has 3 aromatic heterocycles. The van der Waals surface area contributed by atoms with E-state index < -0.39 is 0 Å². The monoisotopic (exact) mass is 928 g/mol. The Morgan fingerprint density at radius 1 is 0.347 bits per heavy atom. The molecule has 0 amide bonds. The molecule has 0 fully saturated rings. The molecule has 0 radical (unpaired) electrons. The van der Waals surface area contributed by atoms with Crippen LogP contribution in [0.15, 0.2) is 206 Å². The van der Waals surface area contributed by atoms with Gasteiger partial charge in [-0.25, -0.2) is 15.0 Å². The number of hydrogen-bond donors (Lipinski definition) is 0. The van der Waals surface area contributed by atoms with Crippen molar-refractivity contribution in [3.05, 3.63) is 223 Å². The third-order valence-electron chi connectivity index (χ3n) is 14.2. The smallest absolute Gasteiger partial charge is 0.166 e. The van der Waals surface area contributed by atoms with Gasteiger partial charge in [0, 0.05) is 43.8 Å². The van der Waals surface area contributed by atoms with E-state index in [4.69, 9.17) is 15.0 Å². The van der Waals surface area contributed by atoms with Crippen molar-refractivity contribution < 1.29 is 0 Å². The molecule has 0 aliphatic rings. The molecule has 0 saturated carbocycles. The summed E-state index contributed by atoms with van der Waals surface area (Å²) < 4.78 is 4.79. The average molecular weight is 929 g/mol. The second-order valence-corrected chi connectivity index (χ2v) is 20.8. The van der Waals surface area contributed by atoms with Crippen molar-refractivity contribution >= 4 is 43.6 Å². The molecule has 6 heteroatoms. The maximum atomic E-state index is 10.4. The van der Waals surface area contributed by atoms with E-state index in [-0.39, 0.29) is 10.8 Å². The van der Waals surface area contributed by atoms with E-state index in [1.807, 2.05) is 60.7 Å². The second kappa shape index (κ2) is 17.2. The lowest BCUT2D eigenvalue weighted by atomic mass is 9.86. The second-order valence-electron chi connectivity index (χ2n) is 20.8. The predicted octanol–water partition coefficient (Wildman–Crippen LogP) is 16.9. The summed E-state index contributed by atoms with van der Waals surface area (Å²) in [6.07, 6.45) is 0. The molecule has 12 rings (SSSR count). The fourth-order valence-electron chi connectivity index (χ4n) is 10.4. The third-order valence-corrected chi connectivity index (χ3v) is 14.2. The van der Waals surface area contributed by atoms with Crippen LogP contribution >= 0.6 is 0 Å². The van der Waals surface area contributed by atoms with Crippen LogP contribution in [0.1, 0.15) is 58.2 Å². The number of nitriles is 1. The summed E-state index contributed by atoms with van der Waals surface area (Å²) in [6, 6.07) is 75.2. The number of hydrogen-bond acceptors (Lipinski definition) is 4. The Labute approximate surface area is 420 Å².